The van der Waals surface area contributed by atoms with Crippen LogP contribution in [0.4, 0.5) is 0 Å². The second-order valence-electron chi connectivity index (χ2n) is 3.07. The van der Waals surface area contributed by atoms with Crippen LogP contribution in [0.15, 0.2) is 29.3 Å². The highest BCUT2D eigenvalue weighted by molar-refractivity contribution is 5.54. The Morgan fingerprint density at radius 2 is 2.27 bits per heavy atom. The SMILES string of the molecule is Cc1nc2cc(-c3ncco3)ncn2n1. The van der Waals surface area contributed by atoms with Crippen molar-refractivity contribution in [1.82, 2.24) is 24.6 Å². The van der Waals surface area contributed by atoms with Crippen molar-refractivity contribution < 1.29 is 4.42 Å². The summed E-state index contributed by atoms with van der Waals surface area (Å²) in [6, 6.07) is 1.78. The lowest BCUT2D eigenvalue weighted by Gasteiger charge is -1.94. The van der Waals surface area contributed by atoms with Gasteiger partial charge in [0, 0.05) is 6.07 Å². The summed E-state index contributed by atoms with van der Waals surface area (Å²) in [5, 5.41) is 4.13. The highest BCUT2D eigenvalue weighted by Gasteiger charge is 2.06. The molecule has 0 aliphatic heterocycles. The largest absolute Gasteiger partial charge is 0.443 e. The third kappa shape index (κ3) is 1.26. The van der Waals surface area contributed by atoms with Gasteiger partial charge in [-0.1, -0.05) is 0 Å². The first-order chi connectivity index (χ1) is 7.33. The molecule has 0 fully saturated rings. The number of hydrogen-bond acceptors (Lipinski definition) is 5. The molecule has 0 amide bonds. The van der Waals surface area contributed by atoms with E-state index in [1.165, 1.54) is 6.26 Å². The molecule has 0 saturated carbocycles. The maximum atomic E-state index is 5.14. The van der Waals surface area contributed by atoms with E-state index in [4.69, 9.17) is 4.42 Å². The monoisotopic (exact) mass is 201 g/mol. The van der Waals surface area contributed by atoms with Crippen molar-refractivity contribution in [2.45, 2.75) is 6.92 Å². The van der Waals surface area contributed by atoms with Gasteiger partial charge in [0.05, 0.1) is 6.20 Å². The molecule has 0 N–H and O–H groups in total. The molecule has 3 aromatic heterocycles. The predicted molar refractivity (Wildman–Crippen MR) is 51.0 cm³/mol. The first kappa shape index (κ1) is 8.10. The molecule has 0 saturated heterocycles. The molecule has 0 atom stereocenters. The topological polar surface area (TPSA) is 69.1 Å². The van der Waals surface area contributed by atoms with Crippen LogP contribution in [0.25, 0.3) is 17.2 Å². The Morgan fingerprint density at radius 3 is 3.07 bits per heavy atom. The molecule has 3 aromatic rings. The van der Waals surface area contributed by atoms with Crippen LogP contribution in [0.3, 0.4) is 0 Å². The predicted octanol–water partition coefficient (Wildman–Crippen LogP) is 1.09. The van der Waals surface area contributed by atoms with Gasteiger partial charge in [-0.05, 0) is 6.92 Å². The number of nitrogens with zero attached hydrogens (tertiary/aromatic N) is 5. The second-order valence-corrected chi connectivity index (χ2v) is 3.07. The molecule has 6 heteroatoms. The van der Waals surface area contributed by atoms with Crippen LogP contribution in [-0.2, 0) is 0 Å². The molecule has 15 heavy (non-hydrogen) atoms. The van der Waals surface area contributed by atoms with Crippen molar-refractivity contribution in [3.63, 3.8) is 0 Å². The Kier molecular flexibility index (Phi) is 1.55. The molecule has 0 unspecified atom stereocenters. The van der Waals surface area contributed by atoms with Gasteiger partial charge in [-0.3, -0.25) is 0 Å². The maximum absolute atomic E-state index is 5.14. The minimum atomic E-state index is 0.484. The number of rotatable bonds is 1. The lowest BCUT2D eigenvalue weighted by molar-refractivity contribution is 0.571. The Labute approximate surface area is 84.6 Å². The van der Waals surface area contributed by atoms with Gasteiger partial charge in [0.2, 0.25) is 5.89 Å². The fraction of sp³-hybridized carbons (Fsp3) is 0.111. The first-order valence-electron chi connectivity index (χ1n) is 4.42. The van der Waals surface area contributed by atoms with E-state index in [0.717, 1.165) is 5.65 Å². The van der Waals surface area contributed by atoms with Gasteiger partial charge >= 0.3 is 0 Å². The van der Waals surface area contributed by atoms with Crippen LogP contribution in [0.5, 0.6) is 0 Å². The molecule has 3 heterocycles. The highest BCUT2D eigenvalue weighted by atomic mass is 16.3. The van der Waals surface area contributed by atoms with Gasteiger partial charge in [0.25, 0.3) is 0 Å². The molecule has 0 bridgehead atoms. The van der Waals surface area contributed by atoms with Crippen molar-refractivity contribution in [3.05, 3.63) is 30.7 Å². The quantitative estimate of drug-likeness (QED) is 0.589. The summed E-state index contributed by atoms with van der Waals surface area (Å²) in [6.07, 6.45) is 4.68. The van der Waals surface area contributed by atoms with Crippen molar-refractivity contribution in [2.24, 2.45) is 0 Å². The standard InChI is InChI=1S/C9H7N5O/c1-6-12-8-4-7(9-10-2-3-15-9)11-5-14(8)13-6/h2-5H,1H3. The van der Waals surface area contributed by atoms with Crippen molar-refractivity contribution >= 4 is 5.65 Å². The van der Waals surface area contributed by atoms with Crippen molar-refractivity contribution in [2.75, 3.05) is 0 Å². The van der Waals surface area contributed by atoms with Crippen LogP contribution < -0.4 is 0 Å². The fourth-order valence-corrected chi connectivity index (χ4v) is 1.37. The molecule has 0 spiro atoms. The Bertz CT molecular complexity index is 598. The average Bonchev–Trinajstić information content (AvgIpc) is 2.82. The van der Waals surface area contributed by atoms with Gasteiger partial charge in [0.15, 0.2) is 5.65 Å². The van der Waals surface area contributed by atoms with Gasteiger partial charge in [-0.25, -0.2) is 19.5 Å². The third-order valence-corrected chi connectivity index (χ3v) is 1.99. The molecule has 3 rings (SSSR count). The third-order valence-electron chi connectivity index (χ3n) is 1.99. The lowest BCUT2D eigenvalue weighted by atomic mass is 10.4. The van der Waals surface area contributed by atoms with Crippen LogP contribution >= 0.6 is 0 Å². The number of aromatic nitrogens is 5. The number of aryl methyl sites for hydroxylation is 1. The second kappa shape index (κ2) is 2.88. The maximum Gasteiger partial charge on any atom is 0.245 e. The van der Waals surface area contributed by atoms with Gasteiger partial charge in [-0.15, -0.1) is 0 Å². The molecule has 0 radical (unpaired) electrons. The zero-order valence-electron chi connectivity index (χ0n) is 7.95. The summed E-state index contributed by atoms with van der Waals surface area (Å²) in [7, 11) is 0. The summed E-state index contributed by atoms with van der Waals surface area (Å²) < 4.78 is 6.76. The Morgan fingerprint density at radius 1 is 1.33 bits per heavy atom. The zero-order valence-corrected chi connectivity index (χ0v) is 7.95. The van der Waals surface area contributed by atoms with Gasteiger partial charge < -0.3 is 4.42 Å². The minimum absolute atomic E-state index is 0.484. The number of oxazole rings is 1. The summed E-state index contributed by atoms with van der Waals surface area (Å²) in [4.78, 5) is 12.4. The summed E-state index contributed by atoms with van der Waals surface area (Å²) in [6.45, 7) is 1.83. The zero-order chi connectivity index (χ0) is 10.3. The molecular formula is C9H7N5O. The summed E-state index contributed by atoms with van der Waals surface area (Å²) >= 11 is 0. The highest BCUT2D eigenvalue weighted by Crippen LogP contribution is 2.14. The normalized spacial score (nSPS) is 11.0. The van der Waals surface area contributed by atoms with Crippen molar-refractivity contribution in [3.8, 4) is 11.6 Å². The Hall–Kier alpha value is -2.24. The van der Waals surface area contributed by atoms with Gasteiger partial charge in [0.1, 0.15) is 24.1 Å². The summed E-state index contributed by atoms with van der Waals surface area (Å²) in [5.41, 5.74) is 1.38. The molecular weight excluding hydrogens is 194 g/mol. The fourth-order valence-electron chi connectivity index (χ4n) is 1.37. The smallest absolute Gasteiger partial charge is 0.245 e. The minimum Gasteiger partial charge on any atom is -0.443 e. The molecule has 0 aromatic carbocycles. The Balaban J connectivity index is 2.21. The number of fused-ring (bicyclic) bond motifs is 1. The van der Waals surface area contributed by atoms with E-state index in [9.17, 15) is 0 Å². The average molecular weight is 201 g/mol. The first-order valence-corrected chi connectivity index (χ1v) is 4.42. The van der Waals surface area contributed by atoms with Crippen LogP contribution in [0.1, 0.15) is 5.82 Å². The van der Waals surface area contributed by atoms with E-state index in [1.807, 2.05) is 6.92 Å². The van der Waals surface area contributed by atoms with Crippen LogP contribution in [-0.4, -0.2) is 24.6 Å². The molecule has 6 nitrogen and oxygen atoms in total. The van der Waals surface area contributed by atoms with Crippen molar-refractivity contribution in [1.29, 1.82) is 0 Å². The van der Waals surface area contributed by atoms with Crippen LogP contribution in [0.2, 0.25) is 0 Å². The van der Waals surface area contributed by atoms with Crippen LogP contribution in [0, 0.1) is 6.92 Å². The van der Waals surface area contributed by atoms with E-state index < -0.39 is 0 Å². The molecule has 74 valence electrons. The van der Waals surface area contributed by atoms with E-state index >= 15 is 0 Å². The number of hydrogen-bond donors (Lipinski definition) is 0. The van der Waals surface area contributed by atoms with E-state index in [-0.39, 0.29) is 0 Å². The van der Waals surface area contributed by atoms with Gasteiger partial charge in [-0.2, -0.15) is 5.10 Å². The van der Waals surface area contributed by atoms with E-state index in [0.29, 0.717) is 17.4 Å². The molecule has 0 aliphatic carbocycles. The summed E-state index contributed by atoms with van der Waals surface area (Å²) in [5.74, 6) is 1.19. The van der Waals surface area contributed by atoms with E-state index in [2.05, 4.69) is 20.1 Å². The lowest BCUT2D eigenvalue weighted by Crippen LogP contribution is -1.91. The van der Waals surface area contributed by atoms with E-state index in [1.54, 1.807) is 23.1 Å². The molecule has 0 aliphatic rings.